The molecule has 4 heteroatoms. The maximum atomic E-state index is 9.96. The zero-order chi connectivity index (χ0) is 18.8. The number of benzene rings is 2. The number of aliphatic hydroxyl groups excluding tert-OH is 2. The third-order valence-electron chi connectivity index (χ3n) is 4.54. The fourth-order valence-electron chi connectivity index (χ4n) is 3.20. The molecule has 2 aromatic carbocycles. The Hall–Kier alpha value is -1.72. The van der Waals surface area contributed by atoms with E-state index in [1.165, 1.54) is 22.3 Å². The van der Waals surface area contributed by atoms with E-state index in [2.05, 4.69) is 24.3 Å². The van der Waals surface area contributed by atoms with Crippen molar-refractivity contribution in [1.29, 1.82) is 0 Å². The molecule has 0 radical (unpaired) electrons. The Morgan fingerprint density at radius 1 is 0.692 bits per heavy atom. The van der Waals surface area contributed by atoms with Crippen LogP contribution in [0.3, 0.4) is 0 Å². The van der Waals surface area contributed by atoms with Crippen LogP contribution in [0.25, 0.3) is 11.1 Å². The van der Waals surface area contributed by atoms with Crippen LogP contribution in [0.2, 0.25) is 0 Å². The summed E-state index contributed by atoms with van der Waals surface area (Å²) in [7, 11) is 3.21. The first-order valence-electron chi connectivity index (χ1n) is 9.16. The van der Waals surface area contributed by atoms with Crippen LogP contribution in [-0.4, -0.2) is 49.9 Å². The maximum Gasteiger partial charge on any atom is 0.0776 e. The molecule has 142 valence electrons. The van der Waals surface area contributed by atoms with Gasteiger partial charge in [-0.15, -0.1) is 0 Å². The Morgan fingerprint density at radius 2 is 1.08 bits per heavy atom. The monoisotopic (exact) mass is 358 g/mol. The van der Waals surface area contributed by atoms with Crippen LogP contribution in [0, 0.1) is 0 Å². The number of aryl methyl sites for hydroxylation is 2. The lowest BCUT2D eigenvalue weighted by Crippen LogP contribution is -2.15. The first kappa shape index (κ1) is 20.6. The predicted molar refractivity (Wildman–Crippen MR) is 104 cm³/mol. The Bertz CT molecular complexity index is 599. The van der Waals surface area contributed by atoms with Gasteiger partial charge in [0.1, 0.15) is 0 Å². The molecule has 26 heavy (non-hydrogen) atoms. The van der Waals surface area contributed by atoms with Crippen molar-refractivity contribution in [2.24, 2.45) is 0 Å². The summed E-state index contributed by atoms with van der Waals surface area (Å²) in [5.41, 5.74) is 4.81. The van der Waals surface area contributed by atoms with Gasteiger partial charge in [-0.3, -0.25) is 0 Å². The maximum absolute atomic E-state index is 9.96. The second kappa shape index (κ2) is 11.1. The van der Waals surface area contributed by atoms with Crippen molar-refractivity contribution in [1.82, 2.24) is 0 Å². The lowest BCUT2D eigenvalue weighted by atomic mass is 9.91. The summed E-state index contributed by atoms with van der Waals surface area (Å²) in [6.07, 6.45) is 2.02. The zero-order valence-electron chi connectivity index (χ0n) is 15.7. The molecule has 0 amide bonds. The van der Waals surface area contributed by atoms with Crippen LogP contribution >= 0.6 is 0 Å². The van der Waals surface area contributed by atoms with Gasteiger partial charge < -0.3 is 19.7 Å². The van der Waals surface area contributed by atoms with Crippen molar-refractivity contribution in [2.75, 3.05) is 27.4 Å². The van der Waals surface area contributed by atoms with Gasteiger partial charge in [-0.25, -0.2) is 0 Å². The molecular formula is C22H30O4. The standard InChI is InChI=1S/C22H30O4/c1-25-15-19(23)13-11-17-7-3-5-9-21(17)22-10-6-4-8-18(22)12-14-20(24)16-26-2/h3-10,19-20,23-24H,11-16H2,1-2H3. The fourth-order valence-corrected chi connectivity index (χ4v) is 3.20. The Labute approximate surface area is 156 Å². The average Bonchev–Trinajstić information content (AvgIpc) is 2.66. The zero-order valence-corrected chi connectivity index (χ0v) is 15.7. The molecule has 2 unspecified atom stereocenters. The molecule has 0 saturated carbocycles. The van der Waals surface area contributed by atoms with Gasteiger partial charge in [0.15, 0.2) is 0 Å². The molecule has 0 spiro atoms. The number of methoxy groups -OCH3 is 2. The summed E-state index contributed by atoms with van der Waals surface area (Å²) in [5, 5.41) is 19.9. The number of ether oxygens (including phenoxy) is 2. The smallest absolute Gasteiger partial charge is 0.0776 e. The van der Waals surface area contributed by atoms with E-state index in [0.29, 0.717) is 26.1 Å². The molecule has 0 aliphatic carbocycles. The highest BCUT2D eigenvalue weighted by atomic mass is 16.5. The third-order valence-corrected chi connectivity index (χ3v) is 4.54. The van der Waals surface area contributed by atoms with E-state index in [4.69, 9.17) is 9.47 Å². The summed E-state index contributed by atoms with van der Waals surface area (Å²) in [6, 6.07) is 16.6. The largest absolute Gasteiger partial charge is 0.391 e. The van der Waals surface area contributed by atoms with Gasteiger partial charge in [0.25, 0.3) is 0 Å². The second-order valence-corrected chi connectivity index (χ2v) is 6.61. The van der Waals surface area contributed by atoms with Crippen LogP contribution in [0.5, 0.6) is 0 Å². The summed E-state index contributed by atoms with van der Waals surface area (Å²) in [5.74, 6) is 0. The highest BCUT2D eigenvalue weighted by Gasteiger charge is 2.12. The third kappa shape index (κ3) is 6.22. The Kier molecular flexibility index (Phi) is 8.78. The minimum Gasteiger partial charge on any atom is -0.391 e. The van der Waals surface area contributed by atoms with Crippen molar-refractivity contribution < 1.29 is 19.7 Å². The molecule has 2 aromatic rings. The first-order valence-corrected chi connectivity index (χ1v) is 9.16. The minimum atomic E-state index is -0.451. The highest BCUT2D eigenvalue weighted by molar-refractivity contribution is 5.70. The van der Waals surface area contributed by atoms with E-state index in [-0.39, 0.29) is 0 Å². The summed E-state index contributed by atoms with van der Waals surface area (Å²) in [6.45, 7) is 0.715. The molecular weight excluding hydrogens is 328 g/mol. The van der Waals surface area contributed by atoms with Gasteiger partial charge >= 0.3 is 0 Å². The number of aliphatic hydroxyl groups is 2. The topological polar surface area (TPSA) is 58.9 Å². The molecule has 0 aromatic heterocycles. The lowest BCUT2D eigenvalue weighted by Gasteiger charge is -2.16. The predicted octanol–water partition coefficient (Wildman–Crippen LogP) is 3.23. The molecule has 2 N–H and O–H groups in total. The van der Waals surface area contributed by atoms with Gasteiger partial charge in [-0.2, -0.15) is 0 Å². The highest BCUT2D eigenvalue weighted by Crippen LogP contribution is 2.29. The molecule has 0 bridgehead atoms. The van der Waals surface area contributed by atoms with Crippen molar-refractivity contribution in [3.8, 4) is 11.1 Å². The van der Waals surface area contributed by atoms with Crippen molar-refractivity contribution in [2.45, 2.75) is 37.9 Å². The van der Waals surface area contributed by atoms with Crippen molar-refractivity contribution in [3.05, 3.63) is 59.7 Å². The van der Waals surface area contributed by atoms with Crippen LogP contribution in [0.15, 0.2) is 48.5 Å². The molecule has 2 atom stereocenters. The molecule has 4 nitrogen and oxygen atoms in total. The quantitative estimate of drug-likeness (QED) is 0.647. The van der Waals surface area contributed by atoms with Gasteiger partial charge in [0.05, 0.1) is 25.4 Å². The van der Waals surface area contributed by atoms with Crippen LogP contribution in [0.1, 0.15) is 24.0 Å². The number of rotatable bonds is 11. The SMILES string of the molecule is COCC(O)CCc1ccccc1-c1ccccc1CCC(O)COC. The normalized spacial score (nSPS) is 13.5. The van der Waals surface area contributed by atoms with E-state index in [1.54, 1.807) is 14.2 Å². The Morgan fingerprint density at radius 3 is 1.46 bits per heavy atom. The van der Waals surface area contributed by atoms with E-state index >= 15 is 0 Å². The summed E-state index contributed by atoms with van der Waals surface area (Å²) < 4.78 is 10.0. The van der Waals surface area contributed by atoms with Crippen LogP contribution in [-0.2, 0) is 22.3 Å². The Balaban J connectivity index is 2.17. The average molecular weight is 358 g/mol. The lowest BCUT2D eigenvalue weighted by molar-refractivity contribution is 0.0594. The molecule has 0 heterocycles. The van der Waals surface area contributed by atoms with Gasteiger partial charge in [-0.05, 0) is 47.9 Å². The summed E-state index contributed by atoms with van der Waals surface area (Å²) in [4.78, 5) is 0. The van der Waals surface area contributed by atoms with E-state index < -0.39 is 12.2 Å². The molecule has 0 aliphatic rings. The van der Waals surface area contributed by atoms with E-state index in [1.807, 2.05) is 24.3 Å². The van der Waals surface area contributed by atoms with Gasteiger partial charge in [-0.1, -0.05) is 48.5 Å². The number of hydrogen-bond acceptors (Lipinski definition) is 4. The fraction of sp³-hybridized carbons (Fsp3) is 0.455. The second-order valence-electron chi connectivity index (χ2n) is 6.61. The molecule has 2 rings (SSSR count). The van der Waals surface area contributed by atoms with Gasteiger partial charge in [0.2, 0.25) is 0 Å². The molecule has 0 aliphatic heterocycles. The summed E-state index contributed by atoms with van der Waals surface area (Å²) >= 11 is 0. The van der Waals surface area contributed by atoms with E-state index in [0.717, 1.165) is 12.8 Å². The van der Waals surface area contributed by atoms with Gasteiger partial charge in [0, 0.05) is 14.2 Å². The molecule has 0 fully saturated rings. The molecule has 0 saturated heterocycles. The minimum absolute atomic E-state index is 0.357. The first-order chi connectivity index (χ1) is 12.7. The van der Waals surface area contributed by atoms with Crippen molar-refractivity contribution >= 4 is 0 Å². The van der Waals surface area contributed by atoms with Crippen LogP contribution in [0.4, 0.5) is 0 Å². The van der Waals surface area contributed by atoms with Crippen molar-refractivity contribution in [3.63, 3.8) is 0 Å². The van der Waals surface area contributed by atoms with E-state index in [9.17, 15) is 10.2 Å². The number of hydrogen-bond donors (Lipinski definition) is 2. The van der Waals surface area contributed by atoms with Crippen LogP contribution < -0.4 is 0 Å².